The van der Waals surface area contributed by atoms with Crippen molar-refractivity contribution in [2.45, 2.75) is 0 Å². The first kappa shape index (κ1) is 10.9. The first-order valence-corrected chi connectivity index (χ1v) is 6.31. The second-order valence-corrected chi connectivity index (χ2v) is 5.29. The number of fused-ring (bicyclic) bond motifs is 1. The minimum atomic E-state index is 0.703. The molecule has 1 N–H and O–H groups in total. The Bertz CT molecular complexity index is 468. The molecule has 0 amide bonds. The summed E-state index contributed by atoms with van der Waals surface area (Å²) in [6.07, 6.45) is 0. The number of hydrogen-bond acceptors (Lipinski definition) is 3. The first-order chi connectivity index (χ1) is 8.28. The number of rotatable bonds is 1. The van der Waals surface area contributed by atoms with Crippen LogP contribution in [0.3, 0.4) is 0 Å². The van der Waals surface area contributed by atoms with Crippen molar-refractivity contribution in [3.05, 3.63) is 28.8 Å². The van der Waals surface area contributed by atoms with Gasteiger partial charge in [-0.1, -0.05) is 11.6 Å². The summed E-state index contributed by atoms with van der Waals surface area (Å²) in [6.45, 7) is 4.27. The Morgan fingerprint density at radius 3 is 2.65 bits per heavy atom. The molecule has 17 heavy (non-hydrogen) atoms. The van der Waals surface area contributed by atoms with E-state index in [2.05, 4.69) is 16.3 Å². The fraction of sp³-hybridized carbons (Fsp3) is 0.462. The van der Waals surface area contributed by atoms with Crippen LogP contribution in [0.1, 0.15) is 5.56 Å². The van der Waals surface area contributed by atoms with E-state index in [4.69, 9.17) is 16.9 Å². The van der Waals surface area contributed by atoms with Crippen LogP contribution in [-0.2, 0) is 0 Å². The molecule has 2 atom stereocenters. The third-order valence-electron chi connectivity index (χ3n) is 3.81. The molecule has 2 fully saturated rings. The molecule has 2 aliphatic heterocycles. The number of nitrogens with zero attached hydrogens (tertiary/aromatic N) is 2. The summed E-state index contributed by atoms with van der Waals surface area (Å²) in [5.74, 6) is 1.45. The molecule has 2 unspecified atom stereocenters. The summed E-state index contributed by atoms with van der Waals surface area (Å²) in [5.41, 5.74) is 1.72. The Kier molecular flexibility index (Phi) is 2.70. The predicted octanol–water partition coefficient (Wildman–Crippen LogP) is 1.87. The molecule has 3 rings (SSSR count). The Balaban J connectivity index is 1.90. The molecular weight excluding hydrogens is 234 g/mol. The number of benzene rings is 1. The van der Waals surface area contributed by atoms with Crippen LogP contribution in [0.2, 0.25) is 5.02 Å². The SMILES string of the molecule is N#Cc1ccc(Cl)cc1N1CC2CNCC2C1. The lowest BCUT2D eigenvalue weighted by molar-refractivity contribution is 0.533. The van der Waals surface area contributed by atoms with Crippen molar-refractivity contribution in [2.24, 2.45) is 11.8 Å². The Labute approximate surface area is 106 Å². The van der Waals surface area contributed by atoms with Gasteiger partial charge in [0.2, 0.25) is 0 Å². The van der Waals surface area contributed by atoms with Gasteiger partial charge in [-0.15, -0.1) is 0 Å². The van der Waals surface area contributed by atoms with E-state index >= 15 is 0 Å². The lowest BCUT2D eigenvalue weighted by atomic mass is 10.0. The van der Waals surface area contributed by atoms with Gasteiger partial charge >= 0.3 is 0 Å². The molecule has 2 heterocycles. The minimum Gasteiger partial charge on any atom is -0.370 e. The molecule has 2 saturated heterocycles. The Morgan fingerprint density at radius 2 is 2.00 bits per heavy atom. The van der Waals surface area contributed by atoms with Gasteiger partial charge in [-0.2, -0.15) is 5.26 Å². The van der Waals surface area contributed by atoms with Crippen molar-refractivity contribution in [1.29, 1.82) is 5.26 Å². The molecular formula is C13H14ClN3. The van der Waals surface area contributed by atoms with Crippen molar-refractivity contribution in [3.63, 3.8) is 0 Å². The fourth-order valence-electron chi connectivity index (χ4n) is 2.91. The van der Waals surface area contributed by atoms with Crippen LogP contribution in [0.4, 0.5) is 5.69 Å². The third kappa shape index (κ3) is 1.88. The van der Waals surface area contributed by atoms with Gasteiger partial charge in [-0.25, -0.2) is 0 Å². The zero-order valence-electron chi connectivity index (χ0n) is 9.49. The first-order valence-electron chi connectivity index (χ1n) is 5.93. The van der Waals surface area contributed by atoms with Crippen LogP contribution >= 0.6 is 11.6 Å². The van der Waals surface area contributed by atoms with E-state index in [-0.39, 0.29) is 0 Å². The highest BCUT2D eigenvalue weighted by Gasteiger charge is 2.36. The molecule has 2 aliphatic rings. The summed E-state index contributed by atoms with van der Waals surface area (Å²) < 4.78 is 0. The van der Waals surface area contributed by atoms with Gasteiger partial charge in [0.25, 0.3) is 0 Å². The summed E-state index contributed by atoms with van der Waals surface area (Å²) in [6, 6.07) is 7.75. The van der Waals surface area contributed by atoms with Gasteiger partial charge in [-0.05, 0) is 30.0 Å². The lowest BCUT2D eigenvalue weighted by Gasteiger charge is -2.21. The molecule has 1 aromatic rings. The van der Waals surface area contributed by atoms with Gasteiger partial charge < -0.3 is 10.2 Å². The smallest absolute Gasteiger partial charge is 0.101 e. The zero-order valence-corrected chi connectivity index (χ0v) is 10.2. The fourth-order valence-corrected chi connectivity index (χ4v) is 3.08. The van der Waals surface area contributed by atoms with E-state index in [1.54, 1.807) is 6.07 Å². The van der Waals surface area contributed by atoms with Crippen molar-refractivity contribution < 1.29 is 0 Å². The highest BCUT2D eigenvalue weighted by Crippen LogP contribution is 2.33. The zero-order chi connectivity index (χ0) is 11.8. The maximum atomic E-state index is 9.14. The second-order valence-electron chi connectivity index (χ2n) is 4.86. The van der Waals surface area contributed by atoms with E-state index in [0.29, 0.717) is 5.02 Å². The number of nitriles is 1. The lowest BCUT2D eigenvalue weighted by Crippen LogP contribution is -2.26. The highest BCUT2D eigenvalue weighted by atomic mass is 35.5. The molecule has 0 bridgehead atoms. The van der Waals surface area contributed by atoms with Gasteiger partial charge in [-0.3, -0.25) is 0 Å². The third-order valence-corrected chi connectivity index (χ3v) is 4.05. The maximum absolute atomic E-state index is 9.14. The number of hydrogen-bond donors (Lipinski definition) is 1. The van der Waals surface area contributed by atoms with Gasteiger partial charge in [0.15, 0.2) is 0 Å². The second kappa shape index (κ2) is 4.21. The van der Waals surface area contributed by atoms with Crippen molar-refractivity contribution in [3.8, 4) is 6.07 Å². The molecule has 0 saturated carbocycles. The number of nitrogens with one attached hydrogen (secondary N) is 1. The summed E-state index contributed by atoms with van der Waals surface area (Å²) in [5, 5.41) is 13.3. The van der Waals surface area contributed by atoms with Crippen molar-refractivity contribution in [2.75, 3.05) is 31.1 Å². The van der Waals surface area contributed by atoms with Crippen LogP contribution in [0.15, 0.2) is 18.2 Å². The van der Waals surface area contributed by atoms with E-state index in [0.717, 1.165) is 49.3 Å². The largest absolute Gasteiger partial charge is 0.370 e. The monoisotopic (exact) mass is 247 g/mol. The topological polar surface area (TPSA) is 39.1 Å². The summed E-state index contributed by atoms with van der Waals surface area (Å²) in [4.78, 5) is 2.31. The van der Waals surface area contributed by atoms with E-state index < -0.39 is 0 Å². The Morgan fingerprint density at radius 1 is 1.29 bits per heavy atom. The normalized spacial score (nSPS) is 26.9. The maximum Gasteiger partial charge on any atom is 0.101 e. The van der Waals surface area contributed by atoms with Crippen molar-refractivity contribution in [1.82, 2.24) is 5.32 Å². The molecule has 0 spiro atoms. The molecule has 4 heteroatoms. The average Bonchev–Trinajstić information content (AvgIpc) is 2.88. The van der Waals surface area contributed by atoms with E-state index in [1.807, 2.05) is 12.1 Å². The van der Waals surface area contributed by atoms with Gasteiger partial charge in [0.1, 0.15) is 6.07 Å². The number of anilines is 1. The van der Waals surface area contributed by atoms with Crippen molar-refractivity contribution >= 4 is 17.3 Å². The van der Waals surface area contributed by atoms with Gasteiger partial charge in [0.05, 0.1) is 11.3 Å². The highest BCUT2D eigenvalue weighted by molar-refractivity contribution is 6.30. The van der Waals surface area contributed by atoms with E-state index in [1.165, 1.54) is 0 Å². The standard InChI is InChI=1S/C13H14ClN3/c14-12-2-1-9(4-15)13(3-12)17-7-10-5-16-6-11(10)8-17/h1-3,10-11,16H,5-8H2. The average molecular weight is 248 g/mol. The molecule has 1 aromatic carbocycles. The number of halogens is 1. The van der Waals surface area contributed by atoms with Crippen LogP contribution in [0.5, 0.6) is 0 Å². The van der Waals surface area contributed by atoms with Crippen LogP contribution in [0, 0.1) is 23.2 Å². The van der Waals surface area contributed by atoms with E-state index in [9.17, 15) is 0 Å². The van der Waals surface area contributed by atoms with Crippen LogP contribution < -0.4 is 10.2 Å². The summed E-state index contributed by atoms with van der Waals surface area (Å²) >= 11 is 6.02. The molecule has 0 aromatic heterocycles. The van der Waals surface area contributed by atoms with Gasteiger partial charge in [0, 0.05) is 31.2 Å². The molecule has 0 aliphatic carbocycles. The minimum absolute atomic E-state index is 0.703. The molecule has 88 valence electrons. The molecule has 0 radical (unpaired) electrons. The quantitative estimate of drug-likeness (QED) is 0.824. The Hall–Kier alpha value is -1.24. The van der Waals surface area contributed by atoms with Crippen LogP contribution in [0.25, 0.3) is 0 Å². The molecule has 3 nitrogen and oxygen atoms in total. The predicted molar refractivity (Wildman–Crippen MR) is 68.2 cm³/mol. The summed E-state index contributed by atoms with van der Waals surface area (Å²) in [7, 11) is 0. The van der Waals surface area contributed by atoms with Crippen LogP contribution in [-0.4, -0.2) is 26.2 Å².